The number of fused-ring (bicyclic) bond motifs is 1. The highest BCUT2D eigenvalue weighted by molar-refractivity contribution is 8.12. The average molecular weight is 410 g/mol. The number of benzene rings is 2. The molecule has 26 heavy (non-hydrogen) atoms. The van der Waals surface area contributed by atoms with Gasteiger partial charge in [0.25, 0.3) is 0 Å². The monoisotopic (exact) mass is 410 g/mol. The number of alkyl halides is 3. The number of ether oxygens (including phenoxy) is 2. The number of hydrogen-bond donors (Lipinski definition) is 0. The molecule has 3 rings (SSSR count). The molecule has 1 unspecified atom stereocenters. The van der Waals surface area contributed by atoms with Crippen molar-refractivity contribution in [3.63, 3.8) is 0 Å². The van der Waals surface area contributed by atoms with E-state index in [1.54, 1.807) is 18.2 Å². The number of nitrogens with zero attached hydrogens (tertiary/aromatic N) is 1. The first-order valence-corrected chi connectivity index (χ1v) is 9.95. The second kappa shape index (κ2) is 6.37. The number of hydrogen-bond acceptors (Lipinski definition) is 6. The van der Waals surface area contributed by atoms with Crippen LogP contribution in [-0.2, 0) is 24.8 Å². The van der Waals surface area contributed by atoms with Crippen LogP contribution in [0.15, 0.2) is 41.3 Å². The molecule has 0 amide bonds. The lowest BCUT2D eigenvalue weighted by Gasteiger charge is -2.23. The molecule has 0 bridgehead atoms. The first-order valence-electron chi connectivity index (χ1n) is 7.07. The average Bonchev–Trinajstić information content (AvgIpc) is 3.34. The summed E-state index contributed by atoms with van der Waals surface area (Å²) in [6.45, 7) is 0.598. The molecule has 0 aliphatic carbocycles. The lowest BCUT2D eigenvalue weighted by molar-refractivity contribution is -0.0425. The zero-order valence-electron chi connectivity index (χ0n) is 12.8. The van der Waals surface area contributed by atoms with Gasteiger partial charge in [0.05, 0.1) is 11.5 Å². The minimum absolute atomic E-state index is 0.0665. The van der Waals surface area contributed by atoms with Gasteiger partial charge < -0.3 is 13.6 Å². The smallest absolute Gasteiger partial charge is 0.480 e. The Morgan fingerprint density at radius 3 is 2.42 bits per heavy atom. The van der Waals surface area contributed by atoms with E-state index in [1.165, 1.54) is 6.07 Å². The van der Waals surface area contributed by atoms with Crippen LogP contribution in [0.25, 0.3) is 14.9 Å². The molecule has 0 aromatic heterocycles. The van der Waals surface area contributed by atoms with Crippen LogP contribution in [-0.4, -0.2) is 41.7 Å². The number of halogens is 3. The predicted molar refractivity (Wildman–Crippen MR) is 84.7 cm³/mol. The van der Waals surface area contributed by atoms with Crippen LogP contribution in [0.4, 0.5) is 13.2 Å². The maximum atomic E-state index is 12.4. The molecule has 0 saturated carbocycles. The molecule has 0 N–H and O–H groups in total. The second-order valence-corrected chi connectivity index (χ2v) is 8.81. The van der Waals surface area contributed by atoms with Crippen molar-refractivity contribution in [3.8, 4) is 5.75 Å². The minimum atomic E-state index is -6.21. The summed E-state index contributed by atoms with van der Waals surface area (Å²) in [6.07, 6.45) is -0.149. The van der Waals surface area contributed by atoms with Gasteiger partial charge in [-0.2, -0.15) is 13.2 Å². The molecule has 1 saturated heterocycles. The van der Waals surface area contributed by atoms with Gasteiger partial charge in [-0.05, 0) is 17.5 Å². The third kappa shape index (κ3) is 3.92. The van der Waals surface area contributed by atoms with Crippen LogP contribution in [0.2, 0.25) is 0 Å². The summed E-state index contributed by atoms with van der Waals surface area (Å²) >= 11 is 0. The summed E-state index contributed by atoms with van der Waals surface area (Å²) in [7, 11) is -11.3. The molecule has 1 aliphatic rings. The zero-order chi connectivity index (χ0) is 19.2. The fraction of sp³-hybridized carbons (Fsp3) is 0.286. The molecule has 1 fully saturated rings. The van der Waals surface area contributed by atoms with Crippen LogP contribution in [0, 0.1) is 0 Å². The van der Waals surface area contributed by atoms with Gasteiger partial charge in [0.2, 0.25) is 0 Å². The maximum Gasteiger partial charge on any atom is 0.480 e. The Morgan fingerprint density at radius 1 is 1.15 bits per heavy atom. The van der Waals surface area contributed by atoms with E-state index in [0.717, 1.165) is 12.1 Å². The molecule has 1 aliphatic heterocycles. The normalized spacial score (nSPS) is 18.0. The summed E-state index contributed by atoms with van der Waals surface area (Å²) in [4.78, 5) is -0.726. The quantitative estimate of drug-likeness (QED) is 0.678. The van der Waals surface area contributed by atoms with E-state index in [2.05, 4.69) is 4.13 Å². The Hall–Kier alpha value is -1.89. The summed E-state index contributed by atoms with van der Waals surface area (Å²) in [5.41, 5.74) is -5.82. The van der Waals surface area contributed by atoms with Crippen LogP contribution in [0.1, 0.15) is 0 Å². The van der Waals surface area contributed by atoms with E-state index in [-0.39, 0.29) is 18.5 Å². The maximum absolute atomic E-state index is 12.4. The van der Waals surface area contributed by atoms with Crippen molar-refractivity contribution in [1.29, 1.82) is 0 Å². The van der Waals surface area contributed by atoms with Gasteiger partial charge in [-0.15, -0.1) is 0 Å². The fourth-order valence-corrected chi connectivity index (χ4v) is 4.33. The third-order valence-electron chi connectivity index (χ3n) is 3.41. The Morgan fingerprint density at radius 2 is 1.81 bits per heavy atom. The molecule has 2 aromatic rings. The van der Waals surface area contributed by atoms with Crippen molar-refractivity contribution in [2.75, 3.05) is 13.2 Å². The van der Waals surface area contributed by atoms with Crippen molar-refractivity contribution in [2.45, 2.75) is 16.5 Å². The standard InChI is InChI=1S/C14H11F3NO6S2/c15-14(16,17)26(21,22)18-25(19,20)11-5-9-3-1-2-4-12(9)13(6-11)24-8-10-7-23-10/h1-6,10H,7-8H2/q-1. The van der Waals surface area contributed by atoms with E-state index in [9.17, 15) is 30.0 Å². The largest absolute Gasteiger partial charge is 0.490 e. The minimum Gasteiger partial charge on any atom is -0.490 e. The van der Waals surface area contributed by atoms with Gasteiger partial charge >= 0.3 is 5.51 Å². The highest BCUT2D eigenvalue weighted by Crippen LogP contribution is 2.36. The number of rotatable bonds is 6. The van der Waals surface area contributed by atoms with E-state index in [4.69, 9.17) is 9.47 Å². The summed E-state index contributed by atoms with van der Waals surface area (Å²) in [5, 5.41) is 0.839. The number of sulfonamides is 2. The van der Waals surface area contributed by atoms with Gasteiger partial charge in [0, 0.05) is 5.39 Å². The second-order valence-electron chi connectivity index (χ2n) is 5.38. The summed E-state index contributed by atoms with van der Waals surface area (Å²) in [6, 6.07) is 8.34. The topological polar surface area (TPSA) is 104 Å². The Bertz CT molecular complexity index is 1050. The van der Waals surface area contributed by atoms with Crippen molar-refractivity contribution in [1.82, 2.24) is 0 Å². The van der Waals surface area contributed by atoms with E-state index in [1.807, 2.05) is 0 Å². The third-order valence-corrected chi connectivity index (χ3v) is 6.40. The lowest BCUT2D eigenvalue weighted by Crippen LogP contribution is -2.24. The zero-order valence-corrected chi connectivity index (χ0v) is 14.4. The van der Waals surface area contributed by atoms with Crippen LogP contribution in [0.3, 0.4) is 0 Å². The van der Waals surface area contributed by atoms with Crippen LogP contribution < -0.4 is 4.74 Å². The van der Waals surface area contributed by atoms with E-state index < -0.39 is 30.5 Å². The number of epoxide rings is 1. The van der Waals surface area contributed by atoms with Gasteiger partial charge in [-0.25, -0.2) is 16.8 Å². The highest BCUT2D eigenvalue weighted by atomic mass is 32.3. The van der Waals surface area contributed by atoms with Gasteiger partial charge in [-0.3, -0.25) is 0 Å². The van der Waals surface area contributed by atoms with Crippen molar-refractivity contribution < 1.29 is 39.5 Å². The molecule has 12 heteroatoms. The van der Waals surface area contributed by atoms with Gasteiger partial charge in [0.1, 0.15) is 28.5 Å². The highest BCUT2D eigenvalue weighted by Gasteiger charge is 2.40. The Labute approximate surface area is 146 Å². The summed E-state index contributed by atoms with van der Waals surface area (Å²) in [5.74, 6) is 0.0665. The van der Waals surface area contributed by atoms with E-state index >= 15 is 0 Å². The molecule has 0 spiro atoms. The van der Waals surface area contributed by atoms with Crippen LogP contribution >= 0.6 is 0 Å². The molecule has 7 nitrogen and oxygen atoms in total. The molecule has 2 aromatic carbocycles. The molecular weight excluding hydrogens is 399 g/mol. The lowest BCUT2D eigenvalue weighted by atomic mass is 10.1. The van der Waals surface area contributed by atoms with Crippen molar-refractivity contribution >= 4 is 30.8 Å². The molecule has 0 radical (unpaired) electrons. The first-order chi connectivity index (χ1) is 12.0. The predicted octanol–water partition coefficient (Wildman–Crippen LogP) is 2.53. The molecular formula is C14H11F3NO6S2-. The Kier molecular flexibility index (Phi) is 4.63. The van der Waals surface area contributed by atoms with Gasteiger partial charge in [0.15, 0.2) is 10.0 Å². The van der Waals surface area contributed by atoms with Crippen molar-refractivity contribution in [3.05, 3.63) is 40.5 Å². The Balaban J connectivity index is 2.03. The molecule has 142 valence electrons. The summed E-state index contributed by atoms with van der Waals surface area (Å²) < 4.78 is 96.3. The first kappa shape index (κ1) is 18.9. The van der Waals surface area contributed by atoms with Crippen molar-refractivity contribution in [2.24, 2.45) is 0 Å². The van der Waals surface area contributed by atoms with Gasteiger partial charge in [-0.1, -0.05) is 24.3 Å². The molecule has 1 heterocycles. The SMILES string of the molecule is O=S(=O)([N-]S(=O)(=O)C(F)(F)F)c1cc(OCC2CO2)c2ccccc2c1. The fourth-order valence-electron chi connectivity index (χ4n) is 2.08. The van der Waals surface area contributed by atoms with E-state index in [0.29, 0.717) is 17.4 Å². The van der Waals surface area contributed by atoms with Crippen LogP contribution in [0.5, 0.6) is 5.75 Å². The molecule has 1 atom stereocenters.